The molecule has 23 heavy (non-hydrogen) atoms. The topological polar surface area (TPSA) is 61.4 Å². The first-order valence-electron chi connectivity index (χ1n) is 8.12. The first-order chi connectivity index (χ1) is 11.2. The molecule has 0 unspecified atom stereocenters. The maximum atomic E-state index is 4.72. The van der Waals surface area contributed by atoms with Crippen LogP contribution in [0.25, 0.3) is 23.0 Å². The van der Waals surface area contributed by atoms with Crippen LogP contribution < -0.4 is 0 Å². The van der Waals surface area contributed by atoms with Gasteiger partial charge in [-0.25, -0.2) is 9.67 Å². The Morgan fingerprint density at radius 1 is 1.13 bits per heavy atom. The van der Waals surface area contributed by atoms with E-state index in [1.807, 2.05) is 39.8 Å². The van der Waals surface area contributed by atoms with E-state index in [0.29, 0.717) is 11.9 Å². The molecular weight excluding hydrogens is 288 g/mol. The summed E-state index contributed by atoms with van der Waals surface area (Å²) in [4.78, 5) is 9.08. The Morgan fingerprint density at radius 3 is 2.65 bits per heavy atom. The van der Waals surface area contributed by atoms with Crippen LogP contribution in [0.15, 0.2) is 36.7 Å². The predicted octanol–water partition coefficient (Wildman–Crippen LogP) is 3.19. The maximum absolute atomic E-state index is 4.72. The molecule has 1 aliphatic carbocycles. The van der Waals surface area contributed by atoms with E-state index in [1.165, 1.54) is 12.8 Å². The fourth-order valence-electron chi connectivity index (χ4n) is 2.55. The van der Waals surface area contributed by atoms with Crippen molar-refractivity contribution in [2.24, 2.45) is 5.92 Å². The Kier molecular flexibility index (Phi) is 3.44. The summed E-state index contributed by atoms with van der Waals surface area (Å²) >= 11 is 0. The van der Waals surface area contributed by atoms with Crippen molar-refractivity contribution >= 4 is 0 Å². The lowest BCUT2D eigenvalue weighted by Gasteiger charge is -2.04. The lowest BCUT2D eigenvalue weighted by atomic mass is 10.3. The second-order valence-electron chi connectivity index (χ2n) is 6.37. The molecule has 0 atom stereocenters. The third-order valence-electron chi connectivity index (χ3n) is 4.06. The van der Waals surface area contributed by atoms with Crippen LogP contribution in [-0.4, -0.2) is 29.5 Å². The van der Waals surface area contributed by atoms with Crippen molar-refractivity contribution in [2.45, 2.75) is 39.3 Å². The minimum absolute atomic E-state index is 0.332. The van der Waals surface area contributed by atoms with Gasteiger partial charge in [-0.3, -0.25) is 9.67 Å². The van der Waals surface area contributed by atoms with Gasteiger partial charge < -0.3 is 0 Å². The molecule has 0 N–H and O–H groups in total. The van der Waals surface area contributed by atoms with Crippen molar-refractivity contribution in [3.63, 3.8) is 0 Å². The van der Waals surface area contributed by atoms with E-state index in [0.717, 1.165) is 29.7 Å². The number of pyridine rings is 1. The fourth-order valence-corrected chi connectivity index (χ4v) is 2.55. The van der Waals surface area contributed by atoms with Crippen molar-refractivity contribution in [2.75, 3.05) is 0 Å². The highest BCUT2D eigenvalue weighted by Gasteiger charge is 2.25. The molecule has 1 fully saturated rings. The van der Waals surface area contributed by atoms with Gasteiger partial charge in [0.1, 0.15) is 11.4 Å². The molecule has 3 aromatic heterocycles. The highest BCUT2D eigenvalue weighted by atomic mass is 15.4. The molecule has 0 aliphatic heterocycles. The van der Waals surface area contributed by atoms with Gasteiger partial charge in [0, 0.05) is 25.0 Å². The smallest absolute Gasteiger partial charge is 0.200 e. The van der Waals surface area contributed by atoms with Crippen molar-refractivity contribution in [1.82, 2.24) is 29.5 Å². The fraction of sp³-hybridized carbons (Fsp3) is 0.412. The van der Waals surface area contributed by atoms with Crippen LogP contribution in [0.1, 0.15) is 32.7 Å². The van der Waals surface area contributed by atoms with Crippen molar-refractivity contribution in [1.29, 1.82) is 0 Å². The first-order valence-corrected chi connectivity index (χ1v) is 8.12. The molecule has 0 aromatic carbocycles. The van der Waals surface area contributed by atoms with Crippen LogP contribution in [-0.2, 0) is 6.54 Å². The molecule has 1 aliphatic rings. The molecule has 1 saturated carbocycles. The third kappa shape index (κ3) is 2.88. The quantitative estimate of drug-likeness (QED) is 0.726. The maximum Gasteiger partial charge on any atom is 0.200 e. The SMILES string of the molecule is CC(C)n1ccc(-c2nc(-c3ccccn3)nn2CC2CC2)n1. The van der Waals surface area contributed by atoms with E-state index in [2.05, 4.69) is 29.0 Å². The summed E-state index contributed by atoms with van der Waals surface area (Å²) in [6, 6.07) is 8.13. The zero-order valence-corrected chi connectivity index (χ0v) is 13.4. The molecule has 0 amide bonds. The van der Waals surface area contributed by atoms with E-state index >= 15 is 0 Å². The number of hydrogen-bond acceptors (Lipinski definition) is 4. The summed E-state index contributed by atoms with van der Waals surface area (Å²) in [7, 11) is 0. The standard InChI is InChI=1S/C17H20N6/c1-12(2)22-10-8-15(20-22)17-19-16(14-5-3-4-9-18-14)21-23(17)11-13-6-7-13/h3-5,8-10,12-13H,6-7,11H2,1-2H3. The molecule has 6 nitrogen and oxygen atoms in total. The largest absolute Gasteiger partial charge is 0.270 e. The summed E-state index contributed by atoms with van der Waals surface area (Å²) < 4.78 is 3.95. The molecule has 118 valence electrons. The lowest BCUT2D eigenvalue weighted by molar-refractivity contribution is 0.530. The van der Waals surface area contributed by atoms with Gasteiger partial charge in [-0.05, 0) is 50.8 Å². The van der Waals surface area contributed by atoms with Gasteiger partial charge in [0.2, 0.25) is 0 Å². The Bertz CT molecular complexity index is 798. The van der Waals surface area contributed by atoms with Crippen LogP contribution in [0.3, 0.4) is 0 Å². The number of hydrogen-bond donors (Lipinski definition) is 0. The normalized spacial score (nSPS) is 14.6. The summed E-state index contributed by atoms with van der Waals surface area (Å²) in [5, 5.41) is 9.33. The van der Waals surface area contributed by atoms with Crippen molar-refractivity contribution in [3.05, 3.63) is 36.7 Å². The minimum atomic E-state index is 0.332. The highest BCUT2D eigenvalue weighted by Crippen LogP contribution is 2.32. The Morgan fingerprint density at radius 2 is 2.00 bits per heavy atom. The Balaban J connectivity index is 1.75. The van der Waals surface area contributed by atoms with E-state index in [1.54, 1.807) is 6.20 Å². The lowest BCUT2D eigenvalue weighted by Crippen LogP contribution is -2.06. The summed E-state index contributed by atoms with van der Waals surface area (Å²) in [6.45, 7) is 5.14. The van der Waals surface area contributed by atoms with Crippen LogP contribution in [0, 0.1) is 5.92 Å². The third-order valence-corrected chi connectivity index (χ3v) is 4.06. The first kappa shape index (κ1) is 14.1. The predicted molar refractivity (Wildman–Crippen MR) is 87.6 cm³/mol. The van der Waals surface area contributed by atoms with Gasteiger partial charge in [0.05, 0.1) is 0 Å². The van der Waals surface area contributed by atoms with Gasteiger partial charge in [0.15, 0.2) is 11.6 Å². The number of aromatic nitrogens is 6. The Hall–Kier alpha value is -2.50. The second kappa shape index (κ2) is 5.61. The summed E-state index contributed by atoms with van der Waals surface area (Å²) in [5.41, 5.74) is 1.67. The van der Waals surface area contributed by atoms with Crippen LogP contribution in [0.4, 0.5) is 0 Å². The molecule has 0 saturated heterocycles. The highest BCUT2D eigenvalue weighted by molar-refractivity contribution is 5.56. The van der Waals surface area contributed by atoms with Crippen molar-refractivity contribution in [3.8, 4) is 23.0 Å². The monoisotopic (exact) mass is 308 g/mol. The summed E-state index contributed by atoms with van der Waals surface area (Å²) in [6.07, 6.45) is 6.32. The van der Waals surface area contributed by atoms with Gasteiger partial charge in [-0.15, -0.1) is 5.10 Å². The molecule has 0 bridgehead atoms. The van der Waals surface area contributed by atoms with Crippen LogP contribution in [0.5, 0.6) is 0 Å². The van der Waals surface area contributed by atoms with Gasteiger partial charge in [0.25, 0.3) is 0 Å². The van der Waals surface area contributed by atoms with Gasteiger partial charge in [-0.1, -0.05) is 6.07 Å². The average molecular weight is 308 g/mol. The van der Waals surface area contributed by atoms with Gasteiger partial charge in [-0.2, -0.15) is 5.10 Å². The molecule has 0 radical (unpaired) electrons. The average Bonchev–Trinajstić information content (AvgIpc) is 3.08. The molecule has 3 aromatic rings. The van der Waals surface area contributed by atoms with Gasteiger partial charge >= 0.3 is 0 Å². The number of rotatable bonds is 5. The van der Waals surface area contributed by atoms with E-state index in [-0.39, 0.29) is 0 Å². The number of nitrogens with zero attached hydrogens (tertiary/aromatic N) is 6. The van der Waals surface area contributed by atoms with Crippen molar-refractivity contribution < 1.29 is 0 Å². The zero-order valence-electron chi connectivity index (χ0n) is 13.4. The second-order valence-corrected chi connectivity index (χ2v) is 6.37. The molecule has 6 heteroatoms. The minimum Gasteiger partial charge on any atom is -0.270 e. The van der Waals surface area contributed by atoms with E-state index in [4.69, 9.17) is 4.98 Å². The molecule has 3 heterocycles. The molecule has 0 spiro atoms. The molecule has 4 rings (SSSR count). The zero-order chi connectivity index (χ0) is 15.8. The van der Waals surface area contributed by atoms with Crippen LogP contribution >= 0.6 is 0 Å². The Labute approximate surface area is 135 Å². The van der Waals surface area contributed by atoms with Crippen LogP contribution in [0.2, 0.25) is 0 Å². The van der Waals surface area contributed by atoms with E-state index in [9.17, 15) is 0 Å². The summed E-state index contributed by atoms with van der Waals surface area (Å²) in [5.74, 6) is 2.22. The van der Waals surface area contributed by atoms with E-state index < -0.39 is 0 Å². The molecular formula is C17H20N6.